The van der Waals surface area contributed by atoms with Gasteiger partial charge in [-0.25, -0.2) is 9.37 Å². The van der Waals surface area contributed by atoms with Crippen LogP contribution >= 0.6 is 0 Å². The van der Waals surface area contributed by atoms with Gasteiger partial charge in [0.2, 0.25) is 0 Å². The summed E-state index contributed by atoms with van der Waals surface area (Å²) in [5.74, 6) is 0.423. The Bertz CT molecular complexity index is 569. The number of methoxy groups -OCH3 is 1. The van der Waals surface area contributed by atoms with Crippen LogP contribution in [0.2, 0.25) is 0 Å². The highest BCUT2D eigenvalue weighted by molar-refractivity contribution is 5.68. The van der Waals surface area contributed by atoms with E-state index in [1.807, 2.05) is 7.05 Å². The third-order valence-corrected chi connectivity index (χ3v) is 2.64. The number of nitrogen functional groups attached to an aromatic ring is 1. The van der Waals surface area contributed by atoms with Crippen molar-refractivity contribution >= 4 is 11.4 Å². The summed E-state index contributed by atoms with van der Waals surface area (Å²) >= 11 is 0. The van der Waals surface area contributed by atoms with Gasteiger partial charge in [0.05, 0.1) is 18.5 Å². The van der Waals surface area contributed by atoms with Crippen molar-refractivity contribution in [3.05, 3.63) is 30.1 Å². The fourth-order valence-electron chi connectivity index (χ4n) is 1.69. The topological polar surface area (TPSA) is 78.0 Å². The lowest BCUT2D eigenvalue weighted by Crippen LogP contribution is -2.08. The van der Waals surface area contributed by atoms with Crippen LogP contribution in [-0.2, 0) is 13.5 Å². The number of nitrogens with two attached hydrogens (primary N) is 1. The third kappa shape index (κ3) is 3.12. The smallest absolute Gasteiger partial charge is 0.167 e. The van der Waals surface area contributed by atoms with Crippen LogP contribution in [0.1, 0.15) is 5.82 Å². The standard InChI is InChI=1S/C12H16FN5O/c1-18-7-16-12(17-18)3-4-15-10-6-11(19-2)8(13)5-9(10)14/h5-7,15H,3-4,14H2,1-2H3. The highest BCUT2D eigenvalue weighted by atomic mass is 19.1. The average molecular weight is 265 g/mol. The Morgan fingerprint density at radius 3 is 2.89 bits per heavy atom. The Morgan fingerprint density at radius 2 is 2.26 bits per heavy atom. The quantitative estimate of drug-likeness (QED) is 0.794. The third-order valence-electron chi connectivity index (χ3n) is 2.64. The molecule has 0 aliphatic heterocycles. The van der Waals surface area contributed by atoms with Gasteiger partial charge in [-0.2, -0.15) is 5.10 Å². The summed E-state index contributed by atoms with van der Waals surface area (Å²) in [6.45, 7) is 0.600. The molecule has 0 aliphatic carbocycles. The van der Waals surface area contributed by atoms with E-state index in [-0.39, 0.29) is 5.75 Å². The second-order valence-corrected chi connectivity index (χ2v) is 4.09. The number of rotatable bonds is 5. The zero-order chi connectivity index (χ0) is 13.8. The molecule has 7 heteroatoms. The number of anilines is 2. The van der Waals surface area contributed by atoms with Gasteiger partial charge >= 0.3 is 0 Å². The maximum Gasteiger partial charge on any atom is 0.167 e. The lowest BCUT2D eigenvalue weighted by Gasteiger charge is -2.11. The van der Waals surface area contributed by atoms with Crippen molar-refractivity contribution in [1.29, 1.82) is 0 Å². The molecular weight excluding hydrogens is 249 g/mol. The van der Waals surface area contributed by atoms with Gasteiger partial charge < -0.3 is 15.8 Å². The van der Waals surface area contributed by atoms with E-state index in [0.717, 1.165) is 5.82 Å². The average Bonchev–Trinajstić information content (AvgIpc) is 2.78. The Labute approximate surface area is 110 Å². The van der Waals surface area contributed by atoms with Crippen LogP contribution in [0.3, 0.4) is 0 Å². The van der Waals surface area contributed by atoms with E-state index in [1.165, 1.54) is 19.2 Å². The Hall–Kier alpha value is -2.31. The molecule has 0 spiro atoms. The minimum Gasteiger partial charge on any atom is -0.494 e. The lowest BCUT2D eigenvalue weighted by atomic mass is 10.2. The van der Waals surface area contributed by atoms with Gasteiger partial charge in [0, 0.05) is 32.1 Å². The summed E-state index contributed by atoms with van der Waals surface area (Å²) in [5, 5.41) is 7.27. The first kappa shape index (κ1) is 13.1. The Morgan fingerprint density at radius 1 is 1.47 bits per heavy atom. The number of aromatic nitrogens is 3. The molecule has 0 unspecified atom stereocenters. The van der Waals surface area contributed by atoms with Gasteiger partial charge in [-0.1, -0.05) is 0 Å². The number of aryl methyl sites for hydroxylation is 1. The molecule has 0 aliphatic rings. The van der Waals surface area contributed by atoms with E-state index >= 15 is 0 Å². The fraction of sp³-hybridized carbons (Fsp3) is 0.333. The molecule has 1 heterocycles. The molecule has 2 aromatic rings. The maximum atomic E-state index is 13.4. The first-order chi connectivity index (χ1) is 9.10. The molecule has 102 valence electrons. The highest BCUT2D eigenvalue weighted by Gasteiger charge is 2.08. The summed E-state index contributed by atoms with van der Waals surface area (Å²) < 4.78 is 19.9. The normalized spacial score (nSPS) is 10.5. The molecule has 0 amide bonds. The van der Waals surface area contributed by atoms with E-state index < -0.39 is 5.82 Å². The van der Waals surface area contributed by atoms with Crippen molar-refractivity contribution in [2.45, 2.75) is 6.42 Å². The molecule has 0 radical (unpaired) electrons. The summed E-state index contributed by atoms with van der Waals surface area (Å²) in [6.07, 6.45) is 2.30. The highest BCUT2D eigenvalue weighted by Crippen LogP contribution is 2.27. The first-order valence-corrected chi connectivity index (χ1v) is 5.81. The number of halogens is 1. The van der Waals surface area contributed by atoms with E-state index in [4.69, 9.17) is 10.5 Å². The monoisotopic (exact) mass is 265 g/mol. The van der Waals surface area contributed by atoms with E-state index in [0.29, 0.717) is 24.3 Å². The molecule has 6 nitrogen and oxygen atoms in total. The Kier molecular flexibility index (Phi) is 3.84. The van der Waals surface area contributed by atoms with Gasteiger partial charge in [0.15, 0.2) is 17.4 Å². The summed E-state index contributed by atoms with van der Waals surface area (Å²) in [4.78, 5) is 4.11. The summed E-state index contributed by atoms with van der Waals surface area (Å²) in [5.41, 5.74) is 6.71. The molecule has 1 aromatic carbocycles. The number of hydrogen-bond acceptors (Lipinski definition) is 5. The van der Waals surface area contributed by atoms with Crippen molar-refractivity contribution in [1.82, 2.24) is 14.8 Å². The lowest BCUT2D eigenvalue weighted by molar-refractivity contribution is 0.387. The second kappa shape index (κ2) is 5.55. The van der Waals surface area contributed by atoms with Crippen LogP contribution in [-0.4, -0.2) is 28.4 Å². The van der Waals surface area contributed by atoms with E-state index in [9.17, 15) is 4.39 Å². The Balaban J connectivity index is 1.99. The van der Waals surface area contributed by atoms with Gasteiger partial charge in [-0.15, -0.1) is 0 Å². The number of ether oxygens (including phenoxy) is 1. The molecule has 1 aromatic heterocycles. The predicted molar refractivity (Wildman–Crippen MR) is 70.6 cm³/mol. The zero-order valence-corrected chi connectivity index (χ0v) is 10.9. The number of nitrogens with one attached hydrogen (secondary N) is 1. The second-order valence-electron chi connectivity index (χ2n) is 4.09. The largest absolute Gasteiger partial charge is 0.494 e. The predicted octanol–water partition coefficient (Wildman–Crippen LogP) is 1.20. The molecule has 2 rings (SSSR count). The van der Waals surface area contributed by atoms with Gasteiger partial charge in [-0.3, -0.25) is 4.68 Å². The van der Waals surface area contributed by atoms with E-state index in [2.05, 4.69) is 15.4 Å². The summed E-state index contributed by atoms with van der Waals surface area (Å²) in [7, 11) is 3.23. The molecule has 3 N–H and O–H groups in total. The number of benzene rings is 1. The zero-order valence-electron chi connectivity index (χ0n) is 10.9. The first-order valence-electron chi connectivity index (χ1n) is 5.81. The van der Waals surface area contributed by atoms with Crippen molar-refractivity contribution in [3.63, 3.8) is 0 Å². The minimum atomic E-state index is -0.475. The maximum absolute atomic E-state index is 13.4. The fourth-order valence-corrected chi connectivity index (χ4v) is 1.69. The molecular formula is C12H16FN5O. The van der Waals surface area contributed by atoms with Crippen LogP contribution in [0.4, 0.5) is 15.8 Å². The van der Waals surface area contributed by atoms with Gasteiger partial charge in [0.1, 0.15) is 6.33 Å². The molecule has 0 bridgehead atoms. The van der Waals surface area contributed by atoms with Crippen molar-refractivity contribution in [3.8, 4) is 5.75 Å². The van der Waals surface area contributed by atoms with Crippen molar-refractivity contribution in [2.24, 2.45) is 7.05 Å². The molecule has 19 heavy (non-hydrogen) atoms. The molecule has 0 atom stereocenters. The SMILES string of the molecule is COc1cc(NCCc2ncn(C)n2)c(N)cc1F. The van der Waals surface area contributed by atoms with Crippen molar-refractivity contribution in [2.75, 3.05) is 24.7 Å². The van der Waals surface area contributed by atoms with Crippen LogP contribution in [0.25, 0.3) is 0 Å². The van der Waals surface area contributed by atoms with Gasteiger partial charge in [-0.05, 0) is 0 Å². The minimum absolute atomic E-state index is 0.160. The van der Waals surface area contributed by atoms with Crippen LogP contribution < -0.4 is 15.8 Å². The van der Waals surface area contributed by atoms with Crippen molar-refractivity contribution < 1.29 is 9.13 Å². The molecule has 0 saturated heterocycles. The van der Waals surface area contributed by atoms with Gasteiger partial charge in [0.25, 0.3) is 0 Å². The number of hydrogen-bond donors (Lipinski definition) is 2. The summed E-state index contributed by atoms with van der Waals surface area (Å²) in [6, 6.07) is 2.77. The van der Waals surface area contributed by atoms with Crippen LogP contribution in [0, 0.1) is 5.82 Å². The number of nitrogens with zero attached hydrogens (tertiary/aromatic N) is 3. The van der Waals surface area contributed by atoms with E-state index in [1.54, 1.807) is 11.0 Å². The molecule has 0 fully saturated rings. The van der Waals surface area contributed by atoms with Crippen LogP contribution in [0.15, 0.2) is 18.5 Å². The molecule has 0 saturated carbocycles. The van der Waals surface area contributed by atoms with Crippen LogP contribution in [0.5, 0.6) is 5.75 Å².